The number of hydrogen-bond donors (Lipinski definition) is 1. The number of hydrogen-bond acceptors (Lipinski definition) is 2. The Hall–Kier alpha value is -1.51. The van der Waals surface area contributed by atoms with Crippen LogP contribution in [-0.4, -0.2) is 12.5 Å². The quantitative estimate of drug-likeness (QED) is 0.495. The van der Waals surface area contributed by atoms with E-state index in [0.717, 1.165) is 12.0 Å². The van der Waals surface area contributed by atoms with Crippen molar-refractivity contribution in [3.8, 4) is 5.75 Å². The van der Waals surface area contributed by atoms with Gasteiger partial charge in [-0.2, -0.15) is 0 Å². The van der Waals surface area contributed by atoms with E-state index < -0.39 is 5.91 Å². The molecule has 0 atom stereocenters. The Morgan fingerprint density at radius 3 is 2.09 bits per heavy atom. The van der Waals surface area contributed by atoms with Crippen LogP contribution < -0.4 is 10.5 Å². The van der Waals surface area contributed by atoms with Crippen LogP contribution in [0.4, 0.5) is 0 Å². The fourth-order valence-corrected chi connectivity index (χ4v) is 2.73. The molecule has 2 N–H and O–H groups in total. The van der Waals surface area contributed by atoms with Crippen LogP contribution in [0.15, 0.2) is 18.2 Å². The number of carbonyl (C=O) groups is 1. The molecule has 0 fully saturated rings. The second-order valence-corrected chi connectivity index (χ2v) is 6.39. The van der Waals surface area contributed by atoms with Gasteiger partial charge >= 0.3 is 0 Å². The van der Waals surface area contributed by atoms with Crippen LogP contribution in [0.25, 0.3) is 0 Å². The van der Waals surface area contributed by atoms with Crippen molar-refractivity contribution in [3.05, 3.63) is 29.3 Å². The van der Waals surface area contributed by atoms with Gasteiger partial charge in [-0.05, 0) is 25.5 Å². The van der Waals surface area contributed by atoms with Crippen molar-refractivity contribution in [1.29, 1.82) is 0 Å². The molecule has 0 saturated carbocycles. The van der Waals surface area contributed by atoms with E-state index in [1.54, 1.807) is 6.07 Å². The van der Waals surface area contributed by atoms with Gasteiger partial charge in [0.1, 0.15) is 5.75 Å². The van der Waals surface area contributed by atoms with Gasteiger partial charge in [-0.1, -0.05) is 76.3 Å². The van der Waals surface area contributed by atoms with Crippen LogP contribution in [0.1, 0.15) is 87.1 Å². The zero-order chi connectivity index (χ0) is 16.9. The van der Waals surface area contributed by atoms with Gasteiger partial charge in [0.25, 0.3) is 5.91 Å². The van der Waals surface area contributed by atoms with Gasteiger partial charge in [0.15, 0.2) is 0 Å². The maximum Gasteiger partial charge on any atom is 0.252 e. The lowest BCUT2D eigenvalue weighted by Crippen LogP contribution is -2.13. The number of amides is 1. The standard InChI is InChI=1S/C20H33NO2/c1-3-4-5-6-7-8-9-10-11-12-15-23-19-14-13-17(2)16-18(19)20(21)22/h13-14,16H,3-12,15H2,1-2H3,(H2,21,22). The summed E-state index contributed by atoms with van der Waals surface area (Å²) in [5.41, 5.74) is 6.90. The average molecular weight is 319 g/mol. The Labute approximate surface area is 141 Å². The monoisotopic (exact) mass is 319 g/mol. The lowest BCUT2D eigenvalue weighted by molar-refractivity contribution is 0.0996. The topological polar surface area (TPSA) is 52.3 Å². The summed E-state index contributed by atoms with van der Waals surface area (Å²) in [6.45, 7) is 4.85. The molecular formula is C20H33NO2. The maximum atomic E-state index is 11.4. The Kier molecular flexibility index (Phi) is 10.2. The fourth-order valence-electron chi connectivity index (χ4n) is 2.73. The first-order valence-electron chi connectivity index (χ1n) is 9.18. The number of carbonyl (C=O) groups excluding carboxylic acids is 1. The van der Waals surface area contributed by atoms with E-state index in [0.29, 0.717) is 17.9 Å². The van der Waals surface area contributed by atoms with Crippen LogP contribution in [0.5, 0.6) is 5.75 Å². The van der Waals surface area contributed by atoms with E-state index in [2.05, 4.69) is 6.92 Å². The first kappa shape index (κ1) is 19.5. The molecule has 0 bridgehead atoms. The van der Waals surface area contributed by atoms with Crippen LogP contribution >= 0.6 is 0 Å². The van der Waals surface area contributed by atoms with Gasteiger partial charge in [-0.25, -0.2) is 0 Å². The van der Waals surface area contributed by atoms with Gasteiger partial charge in [0.05, 0.1) is 12.2 Å². The Balaban J connectivity index is 2.08. The Morgan fingerprint density at radius 1 is 0.957 bits per heavy atom. The molecular weight excluding hydrogens is 286 g/mol. The van der Waals surface area contributed by atoms with Gasteiger partial charge in [0.2, 0.25) is 0 Å². The second-order valence-electron chi connectivity index (χ2n) is 6.39. The molecule has 0 saturated heterocycles. The predicted molar refractivity (Wildman–Crippen MR) is 97.0 cm³/mol. The number of primary amides is 1. The van der Waals surface area contributed by atoms with E-state index in [1.165, 1.54) is 57.8 Å². The van der Waals surface area contributed by atoms with Crippen molar-refractivity contribution in [2.45, 2.75) is 78.1 Å². The van der Waals surface area contributed by atoms with Crippen LogP contribution in [0.3, 0.4) is 0 Å². The molecule has 0 aliphatic rings. The van der Waals surface area contributed by atoms with Crippen molar-refractivity contribution < 1.29 is 9.53 Å². The first-order chi connectivity index (χ1) is 11.1. The zero-order valence-electron chi connectivity index (χ0n) is 14.9. The summed E-state index contributed by atoms with van der Waals surface area (Å²) >= 11 is 0. The van der Waals surface area contributed by atoms with E-state index in [-0.39, 0.29) is 0 Å². The summed E-state index contributed by atoms with van der Waals surface area (Å²) in [6, 6.07) is 5.57. The molecule has 1 rings (SSSR count). The zero-order valence-corrected chi connectivity index (χ0v) is 14.9. The number of unbranched alkanes of at least 4 members (excludes halogenated alkanes) is 9. The third-order valence-electron chi connectivity index (χ3n) is 4.16. The minimum atomic E-state index is -0.424. The number of aryl methyl sites for hydroxylation is 1. The van der Waals surface area contributed by atoms with Gasteiger partial charge < -0.3 is 10.5 Å². The molecule has 0 radical (unpaired) electrons. The van der Waals surface area contributed by atoms with E-state index in [1.807, 2.05) is 19.1 Å². The minimum absolute atomic E-state index is 0.424. The van der Waals surface area contributed by atoms with Crippen LogP contribution in [-0.2, 0) is 0 Å². The number of rotatable bonds is 13. The number of ether oxygens (including phenoxy) is 1. The lowest BCUT2D eigenvalue weighted by Gasteiger charge is -2.10. The van der Waals surface area contributed by atoms with Crippen molar-refractivity contribution >= 4 is 5.91 Å². The van der Waals surface area contributed by atoms with Crippen LogP contribution in [0, 0.1) is 6.92 Å². The molecule has 0 spiro atoms. The van der Waals surface area contributed by atoms with E-state index >= 15 is 0 Å². The van der Waals surface area contributed by atoms with Gasteiger partial charge in [0, 0.05) is 0 Å². The SMILES string of the molecule is CCCCCCCCCCCCOc1ccc(C)cc1C(N)=O. The van der Waals surface area contributed by atoms with Crippen molar-refractivity contribution in [2.24, 2.45) is 5.73 Å². The van der Waals surface area contributed by atoms with Crippen molar-refractivity contribution in [3.63, 3.8) is 0 Å². The summed E-state index contributed by atoms with van der Waals surface area (Å²) in [5, 5.41) is 0. The van der Waals surface area contributed by atoms with Crippen molar-refractivity contribution in [2.75, 3.05) is 6.61 Å². The highest BCUT2D eigenvalue weighted by Crippen LogP contribution is 2.20. The summed E-state index contributed by atoms with van der Waals surface area (Å²) in [6.07, 6.45) is 13.0. The molecule has 0 unspecified atom stereocenters. The van der Waals surface area contributed by atoms with Gasteiger partial charge in [-0.15, -0.1) is 0 Å². The Bertz CT molecular complexity index is 457. The second kappa shape index (κ2) is 12.0. The Morgan fingerprint density at radius 2 is 1.52 bits per heavy atom. The third kappa shape index (κ3) is 8.63. The molecule has 0 heterocycles. The summed E-state index contributed by atoms with van der Waals surface area (Å²) in [4.78, 5) is 11.4. The highest BCUT2D eigenvalue weighted by atomic mass is 16.5. The summed E-state index contributed by atoms with van der Waals surface area (Å²) in [5.74, 6) is 0.186. The molecule has 0 aromatic heterocycles. The van der Waals surface area contributed by atoms with Crippen LogP contribution in [0.2, 0.25) is 0 Å². The smallest absolute Gasteiger partial charge is 0.252 e. The fraction of sp³-hybridized carbons (Fsp3) is 0.650. The minimum Gasteiger partial charge on any atom is -0.493 e. The molecule has 1 amide bonds. The highest BCUT2D eigenvalue weighted by Gasteiger charge is 2.09. The normalized spacial score (nSPS) is 10.7. The lowest BCUT2D eigenvalue weighted by atomic mass is 10.1. The molecule has 0 aliphatic carbocycles. The average Bonchev–Trinajstić information content (AvgIpc) is 2.53. The third-order valence-corrected chi connectivity index (χ3v) is 4.16. The number of benzene rings is 1. The molecule has 23 heavy (non-hydrogen) atoms. The maximum absolute atomic E-state index is 11.4. The van der Waals surface area contributed by atoms with E-state index in [9.17, 15) is 4.79 Å². The largest absolute Gasteiger partial charge is 0.493 e. The van der Waals surface area contributed by atoms with Gasteiger partial charge in [-0.3, -0.25) is 4.79 Å². The van der Waals surface area contributed by atoms with Crippen molar-refractivity contribution in [1.82, 2.24) is 0 Å². The highest BCUT2D eigenvalue weighted by molar-refractivity contribution is 5.95. The summed E-state index contributed by atoms with van der Waals surface area (Å²) < 4.78 is 5.72. The molecule has 1 aromatic carbocycles. The van der Waals surface area contributed by atoms with E-state index in [4.69, 9.17) is 10.5 Å². The first-order valence-corrected chi connectivity index (χ1v) is 9.18. The summed E-state index contributed by atoms with van der Waals surface area (Å²) in [7, 11) is 0. The molecule has 3 heteroatoms. The molecule has 0 aliphatic heterocycles. The molecule has 3 nitrogen and oxygen atoms in total. The molecule has 130 valence electrons. The number of nitrogens with two attached hydrogens (primary N) is 1. The predicted octanol–water partition coefficient (Wildman–Crippen LogP) is 5.39. The molecule has 1 aromatic rings.